The Morgan fingerprint density at radius 1 is 1.56 bits per heavy atom. The fourth-order valence-corrected chi connectivity index (χ4v) is 1.69. The highest BCUT2D eigenvalue weighted by Gasteiger charge is 2.48. The van der Waals surface area contributed by atoms with E-state index in [0.717, 1.165) is 0 Å². The van der Waals surface area contributed by atoms with E-state index in [1.165, 1.54) is 6.26 Å². The Morgan fingerprint density at radius 2 is 2.31 bits per heavy atom. The number of aliphatic carboxylic acids is 1. The Morgan fingerprint density at radius 3 is 2.81 bits per heavy atom. The van der Waals surface area contributed by atoms with Crippen LogP contribution < -0.4 is 5.32 Å². The van der Waals surface area contributed by atoms with Gasteiger partial charge in [0, 0.05) is 0 Å². The Balaban J connectivity index is 1.87. The lowest BCUT2D eigenvalue weighted by atomic mass is 10.2. The Labute approximate surface area is 92.4 Å². The van der Waals surface area contributed by atoms with Gasteiger partial charge in [-0.1, -0.05) is 0 Å². The molecule has 2 rings (SSSR count). The van der Waals surface area contributed by atoms with Gasteiger partial charge < -0.3 is 14.8 Å². The van der Waals surface area contributed by atoms with Crippen molar-refractivity contribution in [1.29, 1.82) is 0 Å². The molecule has 1 aliphatic rings. The number of amides is 1. The molecule has 0 radical (unpaired) electrons. The molecule has 0 aromatic carbocycles. The largest absolute Gasteiger partial charge is 0.481 e. The van der Waals surface area contributed by atoms with Crippen LogP contribution in [0.5, 0.6) is 0 Å². The molecular weight excluding hydrogens is 210 g/mol. The number of carboxylic acids is 1. The van der Waals surface area contributed by atoms with E-state index in [-0.39, 0.29) is 17.9 Å². The SMILES string of the molecule is C[C@H](NC(=O)[C@@H]1C[C@@H]1C(=O)O)c1ccco1. The molecule has 1 aliphatic carbocycles. The number of hydrogen-bond donors (Lipinski definition) is 2. The number of rotatable bonds is 4. The average molecular weight is 223 g/mol. The average Bonchev–Trinajstić information content (AvgIpc) is 2.85. The predicted octanol–water partition coefficient (Wildman–Crippen LogP) is 1.18. The van der Waals surface area contributed by atoms with E-state index in [1.54, 1.807) is 19.1 Å². The molecule has 1 aromatic heterocycles. The van der Waals surface area contributed by atoms with E-state index < -0.39 is 11.9 Å². The van der Waals surface area contributed by atoms with Crippen LogP contribution in [-0.2, 0) is 9.59 Å². The maximum absolute atomic E-state index is 11.6. The van der Waals surface area contributed by atoms with E-state index in [0.29, 0.717) is 12.2 Å². The number of furan rings is 1. The van der Waals surface area contributed by atoms with Gasteiger partial charge in [-0.3, -0.25) is 9.59 Å². The summed E-state index contributed by atoms with van der Waals surface area (Å²) in [5.74, 6) is -1.33. The van der Waals surface area contributed by atoms with Crippen LogP contribution in [0.1, 0.15) is 25.1 Å². The molecule has 1 saturated carbocycles. The monoisotopic (exact) mass is 223 g/mol. The van der Waals surface area contributed by atoms with Crippen LogP contribution in [0.2, 0.25) is 0 Å². The van der Waals surface area contributed by atoms with Crippen molar-refractivity contribution in [3.63, 3.8) is 0 Å². The Kier molecular flexibility index (Phi) is 2.68. The van der Waals surface area contributed by atoms with Crippen molar-refractivity contribution in [2.45, 2.75) is 19.4 Å². The number of hydrogen-bond acceptors (Lipinski definition) is 3. The van der Waals surface area contributed by atoms with E-state index in [9.17, 15) is 9.59 Å². The first-order valence-electron chi connectivity index (χ1n) is 5.16. The maximum Gasteiger partial charge on any atom is 0.307 e. The molecule has 1 fully saturated rings. The lowest BCUT2D eigenvalue weighted by molar-refractivity contribution is -0.140. The van der Waals surface area contributed by atoms with Crippen LogP contribution in [0.25, 0.3) is 0 Å². The molecule has 0 bridgehead atoms. The fourth-order valence-electron chi connectivity index (χ4n) is 1.69. The van der Waals surface area contributed by atoms with Crippen molar-refractivity contribution in [2.24, 2.45) is 11.8 Å². The molecule has 1 aromatic rings. The number of carbonyl (C=O) groups excluding carboxylic acids is 1. The van der Waals surface area contributed by atoms with Crippen LogP contribution in [0.15, 0.2) is 22.8 Å². The predicted molar refractivity (Wildman–Crippen MR) is 54.5 cm³/mol. The quantitative estimate of drug-likeness (QED) is 0.803. The second kappa shape index (κ2) is 4.00. The van der Waals surface area contributed by atoms with E-state index >= 15 is 0 Å². The van der Waals surface area contributed by atoms with Crippen molar-refractivity contribution >= 4 is 11.9 Å². The molecule has 0 saturated heterocycles. The van der Waals surface area contributed by atoms with Crippen LogP contribution in [0.3, 0.4) is 0 Å². The molecule has 5 heteroatoms. The van der Waals surface area contributed by atoms with Gasteiger partial charge in [-0.25, -0.2) is 0 Å². The third kappa shape index (κ3) is 2.08. The van der Waals surface area contributed by atoms with Crippen molar-refractivity contribution in [2.75, 3.05) is 0 Å². The molecule has 1 heterocycles. The van der Waals surface area contributed by atoms with Crippen molar-refractivity contribution in [3.8, 4) is 0 Å². The zero-order valence-electron chi connectivity index (χ0n) is 8.84. The summed E-state index contributed by atoms with van der Waals surface area (Å²) in [7, 11) is 0. The number of carboxylic acid groups (broad SMARTS) is 1. The summed E-state index contributed by atoms with van der Waals surface area (Å²) in [5.41, 5.74) is 0. The zero-order valence-corrected chi connectivity index (χ0v) is 8.84. The van der Waals surface area contributed by atoms with Gasteiger partial charge >= 0.3 is 5.97 Å². The van der Waals surface area contributed by atoms with Crippen LogP contribution in [0, 0.1) is 11.8 Å². The molecule has 0 aliphatic heterocycles. The van der Waals surface area contributed by atoms with Crippen molar-refractivity contribution < 1.29 is 19.1 Å². The highest BCUT2D eigenvalue weighted by atomic mass is 16.4. The van der Waals surface area contributed by atoms with Crippen molar-refractivity contribution in [3.05, 3.63) is 24.2 Å². The summed E-state index contributed by atoms with van der Waals surface area (Å²) in [4.78, 5) is 22.2. The van der Waals surface area contributed by atoms with E-state index in [4.69, 9.17) is 9.52 Å². The second-order valence-corrected chi connectivity index (χ2v) is 4.03. The van der Waals surface area contributed by atoms with Gasteiger partial charge in [0.15, 0.2) is 0 Å². The molecule has 0 spiro atoms. The van der Waals surface area contributed by atoms with Gasteiger partial charge in [0.2, 0.25) is 5.91 Å². The first kappa shape index (κ1) is 10.7. The van der Waals surface area contributed by atoms with Crippen LogP contribution in [-0.4, -0.2) is 17.0 Å². The summed E-state index contributed by atoms with van der Waals surface area (Å²) in [6.45, 7) is 1.80. The molecule has 3 atom stereocenters. The molecule has 1 amide bonds. The second-order valence-electron chi connectivity index (χ2n) is 4.03. The summed E-state index contributed by atoms with van der Waals surface area (Å²) in [6, 6.07) is 3.29. The smallest absolute Gasteiger partial charge is 0.307 e. The minimum Gasteiger partial charge on any atom is -0.481 e. The molecular formula is C11H13NO4. The first-order valence-corrected chi connectivity index (χ1v) is 5.16. The third-order valence-electron chi connectivity index (χ3n) is 2.77. The lowest BCUT2D eigenvalue weighted by Crippen LogP contribution is -2.28. The normalized spacial score (nSPS) is 24.8. The highest BCUT2D eigenvalue weighted by Crippen LogP contribution is 2.39. The minimum absolute atomic E-state index is 0.212. The lowest BCUT2D eigenvalue weighted by Gasteiger charge is -2.10. The fraction of sp³-hybridized carbons (Fsp3) is 0.455. The van der Waals surface area contributed by atoms with Gasteiger partial charge in [0.05, 0.1) is 24.1 Å². The van der Waals surface area contributed by atoms with Crippen LogP contribution >= 0.6 is 0 Å². The summed E-state index contributed by atoms with van der Waals surface area (Å²) < 4.78 is 5.14. The number of nitrogens with one attached hydrogen (secondary N) is 1. The molecule has 0 unspecified atom stereocenters. The minimum atomic E-state index is -0.897. The zero-order chi connectivity index (χ0) is 11.7. The van der Waals surface area contributed by atoms with Gasteiger partial charge in [-0.05, 0) is 25.5 Å². The summed E-state index contributed by atoms with van der Waals surface area (Å²) in [6.07, 6.45) is 1.97. The molecule has 86 valence electrons. The molecule has 2 N–H and O–H groups in total. The third-order valence-corrected chi connectivity index (χ3v) is 2.77. The number of carbonyl (C=O) groups is 2. The topological polar surface area (TPSA) is 79.5 Å². The standard InChI is InChI=1S/C11H13NO4/c1-6(9-3-2-4-16-9)12-10(13)7-5-8(7)11(14)15/h2-4,6-8H,5H2,1H3,(H,12,13)(H,14,15)/t6-,7+,8-/m0/s1. The van der Waals surface area contributed by atoms with Crippen molar-refractivity contribution in [1.82, 2.24) is 5.32 Å². The summed E-state index contributed by atoms with van der Waals surface area (Å²) >= 11 is 0. The maximum atomic E-state index is 11.6. The summed E-state index contributed by atoms with van der Waals surface area (Å²) in [5, 5.41) is 11.4. The van der Waals surface area contributed by atoms with Gasteiger partial charge in [-0.2, -0.15) is 0 Å². The van der Waals surface area contributed by atoms with Gasteiger partial charge in [-0.15, -0.1) is 0 Å². The molecule has 5 nitrogen and oxygen atoms in total. The van der Waals surface area contributed by atoms with E-state index in [2.05, 4.69) is 5.32 Å². The molecule has 16 heavy (non-hydrogen) atoms. The Bertz CT molecular complexity index is 398. The van der Waals surface area contributed by atoms with Crippen LogP contribution in [0.4, 0.5) is 0 Å². The first-order chi connectivity index (χ1) is 7.59. The van der Waals surface area contributed by atoms with Gasteiger partial charge in [0.25, 0.3) is 0 Å². The Hall–Kier alpha value is -1.78. The highest BCUT2D eigenvalue weighted by molar-refractivity contribution is 5.89. The van der Waals surface area contributed by atoms with Gasteiger partial charge in [0.1, 0.15) is 5.76 Å². The van der Waals surface area contributed by atoms with E-state index in [1.807, 2.05) is 0 Å².